The summed E-state index contributed by atoms with van der Waals surface area (Å²) in [6.07, 6.45) is 4.25. The molecular weight excluding hydrogens is 256 g/mol. The van der Waals surface area contributed by atoms with Gasteiger partial charge in [0.15, 0.2) is 5.16 Å². The van der Waals surface area contributed by atoms with Crippen molar-refractivity contribution >= 4 is 11.8 Å². The molecule has 1 fully saturated rings. The van der Waals surface area contributed by atoms with E-state index in [4.69, 9.17) is 0 Å². The summed E-state index contributed by atoms with van der Waals surface area (Å²) in [7, 11) is 1.91. The van der Waals surface area contributed by atoms with Crippen LogP contribution in [0.3, 0.4) is 0 Å². The first-order valence-electron chi connectivity index (χ1n) is 6.57. The van der Waals surface area contributed by atoms with E-state index in [0.717, 1.165) is 17.7 Å². The van der Waals surface area contributed by atoms with Crippen LogP contribution < -0.4 is 5.32 Å². The number of nitrogens with one attached hydrogen (secondary N) is 1. The van der Waals surface area contributed by atoms with Gasteiger partial charge in [-0.1, -0.05) is 17.8 Å². The van der Waals surface area contributed by atoms with Gasteiger partial charge >= 0.3 is 0 Å². The molecule has 0 unspecified atom stereocenters. The van der Waals surface area contributed by atoms with Crippen molar-refractivity contribution in [3.63, 3.8) is 0 Å². The maximum absolute atomic E-state index is 4.23. The zero-order valence-electron chi connectivity index (χ0n) is 11.3. The van der Waals surface area contributed by atoms with E-state index in [0.29, 0.717) is 0 Å². The summed E-state index contributed by atoms with van der Waals surface area (Å²) in [4.78, 5) is 5.45. The predicted octanol–water partition coefficient (Wildman–Crippen LogP) is 2.53. The highest BCUT2D eigenvalue weighted by molar-refractivity contribution is 7.99. The van der Waals surface area contributed by atoms with E-state index in [1.165, 1.54) is 28.9 Å². The molecule has 1 aliphatic rings. The number of rotatable bonds is 5. The van der Waals surface area contributed by atoms with Crippen LogP contribution in [0.25, 0.3) is 0 Å². The Labute approximate surface area is 117 Å². The molecule has 1 aliphatic carbocycles. The average molecular weight is 274 g/mol. The summed E-state index contributed by atoms with van der Waals surface area (Å²) >= 11 is 1.65. The lowest BCUT2D eigenvalue weighted by Crippen LogP contribution is -2.15. The number of hydrogen-bond acceptors (Lipinski definition) is 4. The van der Waals surface area contributed by atoms with E-state index in [-0.39, 0.29) is 0 Å². The van der Waals surface area contributed by atoms with Crippen LogP contribution in [0.1, 0.15) is 24.0 Å². The molecule has 3 rings (SSSR count). The van der Waals surface area contributed by atoms with Gasteiger partial charge in [0.1, 0.15) is 6.33 Å². The SMILES string of the molecule is Cc1cc(Sc2ncnn2C)ccc1CNC1CC1. The first-order chi connectivity index (χ1) is 9.22. The fourth-order valence-electron chi connectivity index (χ4n) is 1.96. The molecule has 19 heavy (non-hydrogen) atoms. The van der Waals surface area contributed by atoms with Gasteiger partial charge < -0.3 is 5.32 Å². The van der Waals surface area contributed by atoms with E-state index in [2.05, 4.69) is 40.5 Å². The normalized spacial score (nSPS) is 14.8. The van der Waals surface area contributed by atoms with Crippen LogP contribution >= 0.6 is 11.8 Å². The van der Waals surface area contributed by atoms with Gasteiger partial charge in [-0.25, -0.2) is 9.67 Å². The fraction of sp³-hybridized carbons (Fsp3) is 0.429. The highest BCUT2D eigenvalue weighted by Crippen LogP contribution is 2.27. The summed E-state index contributed by atoms with van der Waals surface area (Å²) < 4.78 is 1.79. The van der Waals surface area contributed by atoms with Crippen molar-refractivity contribution in [3.8, 4) is 0 Å². The Bertz CT molecular complexity index is 575. The van der Waals surface area contributed by atoms with Crippen LogP contribution in [0.15, 0.2) is 34.6 Å². The van der Waals surface area contributed by atoms with Crippen LogP contribution in [0, 0.1) is 6.92 Å². The number of aryl methyl sites for hydroxylation is 2. The van der Waals surface area contributed by atoms with Crippen LogP contribution in [-0.2, 0) is 13.6 Å². The van der Waals surface area contributed by atoms with Crippen LogP contribution in [-0.4, -0.2) is 20.8 Å². The van der Waals surface area contributed by atoms with Crippen LogP contribution in [0.2, 0.25) is 0 Å². The number of aromatic nitrogens is 3. The van der Waals surface area contributed by atoms with Crippen molar-refractivity contribution in [1.82, 2.24) is 20.1 Å². The quantitative estimate of drug-likeness (QED) is 0.910. The summed E-state index contributed by atoms with van der Waals surface area (Å²) in [6.45, 7) is 3.15. The Balaban J connectivity index is 1.69. The first-order valence-corrected chi connectivity index (χ1v) is 7.39. The molecule has 0 saturated heterocycles. The number of hydrogen-bond donors (Lipinski definition) is 1. The largest absolute Gasteiger partial charge is 0.310 e. The average Bonchev–Trinajstić information content (AvgIpc) is 3.13. The smallest absolute Gasteiger partial charge is 0.190 e. The lowest BCUT2D eigenvalue weighted by molar-refractivity contribution is 0.683. The molecule has 1 N–H and O–H groups in total. The molecular formula is C14H18N4S. The molecule has 1 saturated carbocycles. The lowest BCUT2D eigenvalue weighted by Gasteiger charge is -2.09. The summed E-state index contributed by atoms with van der Waals surface area (Å²) in [5.41, 5.74) is 2.72. The standard InChI is InChI=1S/C14H18N4S/c1-10-7-13(19-14-16-9-17-18(14)2)6-3-11(10)8-15-12-4-5-12/h3,6-7,9,12,15H,4-5,8H2,1-2H3. The third-order valence-electron chi connectivity index (χ3n) is 3.35. The Hall–Kier alpha value is -1.33. The second-order valence-corrected chi connectivity index (χ2v) is 6.05. The minimum Gasteiger partial charge on any atom is -0.310 e. The number of benzene rings is 1. The molecule has 1 aromatic heterocycles. The molecule has 1 heterocycles. The predicted molar refractivity (Wildman–Crippen MR) is 76.2 cm³/mol. The van der Waals surface area contributed by atoms with Crippen molar-refractivity contribution in [3.05, 3.63) is 35.7 Å². The van der Waals surface area contributed by atoms with Gasteiger partial charge in [-0.3, -0.25) is 0 Å². The first kappa shape index (κ1) is 12.7. The van der Waals surface area contributed by atoms with Gasteiger partial charge in [0, 0.05) is 24.5 Å². The molecule has 0 aliphatic heterocycles. The molecule has 0 atom stereocenters. The van der Waals surface area contributed by atoms with Crippen LogP contribution in [0.4, 0.5) is 0 Å². The van der Waals surface area contributed by atoms with Crippen LogP contribution in [0.5, 0.6) is 0 Å². The molecule has 0 bridgehead atoms. The molecule has 100 valence electrons. The Morgan fingerprint density at radius 1 is 1.42 bits per heavy atom. The van der Waals surface area contributed by atoms with E-state index < -0.39 is 0 Å². The van der Waals surface area contributed by atoms with E-state index in [1.807, 2.05) is 7.05 Å². The Morgan fingerprint density at radius 2 is 2.26 bits per heavy atom. The molecule has 0 amide bonds. The summed E-state index contributed by atoms with van der Waals surface area (Å²) in [5, 5.41) is 8.56. The van der Waals surface area contributed by atoms with Crippen molar-refractivity contribution in [2.45, 2.75) is 42.4 Å². The molecule has 2 aromatic rings. The molecule has 1 aromatic carbocycles. The van der Waals surface area contributed by atoms with Crippen molar-refractivity contribution in [1.29, 1.82) is 0 Å². The number of nitrogens with zero attached hydrogens (tertiary/aromatic N) is 3. The van der Waals surface area contributed by atoms with E-state index in [1.54, 1.807) is 22.8 Å². The monoisotopic (exact) mass is 274 g/mol. The lowest BCUT2D eigenvalue weighted by atomic mass is 10.1. The highest BCUT2D eigenvalue weighted by Gasteiger charge is 2.20. The van der Waals surface area contributed by atoms with Gasteiger partial charge in [-0.05, 0) is 43.0 Å². The topological polar surface area (TPSA) is 42.7 Å². The second-order valence-electron chi connectivity index (χ2n) is 5.01. The molecule has 0 spiro atoms. The van der Waals surface area contributed by atoms with Gasteiger partial charge in [0.25, 0.3) is 0 Å². The maximum Gasteiger partial charge on any atom is 0.190 e. The third kappa shape index (κ3) is 3.16. The van der Waals surface area contributed by atoms with Gasteiger partial charge in [0.2, 0.25) is 0 Å². The summed E-state index contributed by atoms with van der Waals surface area (Å²) in [6, 6.07) is 7.36. The zero-order chi connectivity index (χ0) is 13.2. The zero-order valence-corrected chi connectivity index (χ0v) is 12.1. The van der Waals surface area contributed by atoms with Gasteiger partial charge in [0.05, 0.1) is 0 Å². The van der Waals surface area contributed by atoms with Crippen molar-refractivity contribution < 1.29 is 0 Å². The highest BCUT2D eigenvalue weighted by atomic mass is 32.2. The maximum atomic E-state index is 4.23. The van der Waals surface area contributed by atoms with Crippen molar-refractivity contribution in [2.75, 3.05) is 0 Å². The fourth-order valence-corrected chi connectivity index (χ4v) is 2.82. The van der Waals surface area contributed by atoms with Gasteiger partial charge in [-0.15, -0.1) is 0 Å². The minimum atomic E-state index is 0.757. The Morgan fingerprint density at radius 3 is 2.89 bits per heavy atom. The minimum absolute atomic E-state index is 0.757. The van der Waals surface area contributed by atoms with Crippen molar-refractivity contribution in [2.24, 2.45) is 7.05 Å². The molecule has 4 nitrogen and oxygen atoms in total. The van der Waals surface area contributed by atoms with E-state index >= 15 is 0 Å². The second kappa shape index (κ2) is 5.35. The Kier molecular flexibility index (Phi) is 3.57. The molecule has 5 heteroatoms. The molecule has 0 radical (unpaired) electrons. The van der Waals surface area contributed by atoms with E-state index in [9.17, 15) is 0 Å². The van der Waals surface area contributed by atoms with Gasteiger partial charge in [-0.2, -0.15) is 5.10 Å². The summed E-state index contributed by atoms with van der Waals surface area (Å²) in [5.74, 6) is 0. The third-order valence-corrected chi connectivity index (χ3v) is 4.39.